The highest BCUT2D eigenvalue weighted by atomic mass is 16.7. The van der Waals surface area contributed by atoms with Gasteiger partial charge in [-0.05, 0) is 112 Å². The molecule has 1 aromatic carbocycles. The van der Waals surface area contributed by atoms with Crippen LogP contribution in [0.25, 0.3) is 0 Å². The van der Waals surface area contributed by atoms with Gasteiger partial charge in [0.05, 0.1) is 6.61 Å². The monoisotopic (exact) mass is 482 g/mol. The molecule has 4 saturated carbocycles. The largest absolute Gasteiger partial charge is 0.513 e. The van der Waals surface area contributed by atoms with Crippen LogP contribution in [-0.4, -0.2) is 49.1 Å². The zero-order valence-electron chi connectivity index (χ0n) is 20.8. The average molecular weight is 483 g/mol. The molecule has 1 aliphatic heterocycles. The van der Waals surface area contributed by atoms with Gasteiger partial charge in [0.2, 0.25) is 5.91 Å². The molecule has 4 bridgehead atoms. The summed E-state index contributed by atoms with van der Waals surface area (Å²) in [6.45, 7) is 4.16. The van der Waals surface area contributed by atoms with Crippen molar-refractivity contribution < 1.29 is 23.9 Å². The Hall–Kier alpha value is -2.57. The number of hydrogen-bond acceptors (Lipinski definition) is 5. The van der Waals surface area contributed by atoms with Crippen LogP contribution < -0.4 is 10.1 Å². The average Bonchev–Trinajstić information content (AvgIpc) is 2.82. The van der Waals surface area contributed by atoms with Crippen molar-refractivity contribution in [3.8, 4) is 5.75 Å². The van der Waals surface area contributed by atoms with E-state index in [1.54, 1.807) is 31.2 Å². The van der Waals surface area contributed by atoms with Crippen LogP contribution in [0.15, 0.2) is 24.3 Å². The first-order chi connectivity index (χ1) is 16.9. The van der Waals surface area contributed by atoms with E-state index in [4.69, 9.17) is 9.47 Å². The third-order valence-corrected chi connectivity index (χ3v) is 8.79. The van der Waals surface area contributed by atoms with Gasteiger partial charge < -0.3 is 19.7 Å². The second-order valence-corrected chi connectivity index (χ2v) is 11.4. The highest BCUT2D eigenvalue weighted by Crippen LogP contribution is 2.61. The van der Waals surface area contributed by atoms with Crippen molar-refractivity contribution in [3.63, 3.8) is 0 Å². The van der Waals surface area contributed by atoms with E-state index in [-0.39, 0.29) is 12.5 Å². The molecule has 190 valence electrons. The normalized spacial score (nSPS) is 29.6. The molecule has 2 amide bonds. The molecule has 1 aromatic rings. The predicted octanol–water partition coefficient (Wildman–Crippen LogP) is 4.80. The van der Waals surface area contributed by atoms with Gasteiger partial charge in [0.25, 0.3) is 5.91 Å². The van der Waals surface area contributed by atoms with E-state index in [1.807, 2.05) is 0 Å². The van der Waals surface area contributed by atoms with Crippen LogP contribution in [-0.2, 0) is 9.53 Å². The Balaban J connectivity index is 1.04. The summed E-state index contributed by atoms with van der Waals surface area (Å²) >= 11 is 0. The number of nitrogens with zero attached hydrogens (tertiary/aromatic N) is 1. The second kappa shape index (κ2) is 10.2. The van der Waals surface area contributed by atoms with E-state index >= 15 is 0 Å². The van der Waals surface area contributed by atoms with Gasteiger partial charge in [0.1, 0.15) is 5.75 Å². The predicted molar refractivity (Wildman–Crippen MR) is 131 cm³/mol. The molecule has 1 N–H and O–H groups in total. The van der Waals surface area contributed by atoms with Gasteiger partial charge in [-0.2, -0.15) is 0 Å². The van der Waals surface area contributed by atoms with Gasteiger partial charge in [0, 0.05) is 31.6 Å². The van der Waals surface area contributed by atoms with Crippen molar-refractivity contribution in [1.29, 1.82) is 0 Å². The summed E-state index contributed by atoms with van der Waals surface area (Å²) in [6, 6.07) is 6.44. The number of nitrogens with one attached hydrogen (secondary N) is 1. The van der Waals surface area contributed by atoms with Crippen LogP contribution in [0.3, 0.4) is 0 Å². The lowest BCUT2D eigenvalue weighted by Gasteiger charge is -2.57. The number of carbonyl (C=O) groups is 3. The van der Waals surface area contributed by atoms with Crippen molar-refractivity contribution in [2.75, 3.05) is 26.2 Å². The minimum absolute atomic E-state index is 0.145. The summed E-state index contributed by atoms with van der Waals surface area (Å²) in [5.74, 6) is 3.58. The Bertz CT molecular complexity index is 900. The Morgan fingerprint density at radius 3 is 2.14 bits per heavy atom. The van der Waals surface area contributed by atoms with E-state index in [0.29, 0.717) is 35.1 Å². The molecular weight excluding hydrogens is 444 g/mol. The molecule has 5 fully saturated rings. The first-order valence-electron chi connectivity index (χ1n) is 13.4. The molecule has 4 aliphatic carbocycles. The fraction of sp³-hybridized carbons (Fsp3) is 0.679. The van der Waals surface area contributed by atoms with E-state index in [1.165, 1.54) is 38.5 Å². The quantitative estimate of drug-likeness (QED) is 0.446. The maximum atomic E-state index is 13.2. The van der Waals surface area contributed by atoms with E-state index in [2.05, 4.69) is 10.2 Å². The third kappa shape index (κ3) is 5.65. The zero-order valence-corrected chi connectivity index (χ0v) is 20.8. The number of amides is 2. The zero-order chi connectivity index (χ0) is 24.4. The summed E-state index contributed by atoms with van der Waals surface area (Å²) in [5.41, 5.74) is 0.817. The van der Waals surface area contributed by atoms with Crippen molar-refractivity contribution in [3.05, 3.63) is 29.8 Å². The number of hydrogen-bond donors (Lipinski definition) is 1. The van der Waals surface area contributed by atoms with Crippen molar-refractivity contribution in [2.45, 2.75) is 64.7 Å². The van der Waals surface area contributed by atoms with Crippen molar-refractivity contribution in [2.24, 2.45) is 29.1 Å². The lowest BCUT2D eigenvalue weighted by atomic mass is 9.49. The molecule has 7 nitrogen and oxygen atoms in total. The molecular formula is C28H38N2O5. The van der Waals surface area contributed by atoms with Crippen molar-refractivity contribution in [1.82, 2.24) is 10.2 Å². The highest BCUT2D eigenvalue weighted by molar-refractivity contribution is 5.94. The summed E-state index contributed by atoms with van der Waals surface area (Å²) in [4.78, 5) is 39.2. The molecule has 0 unspecified atom stereocenters. The second-order valence-electron chi connectivity index (χ2n) is 11.4. The Morgan fingerprint density at radius 1 is 0.971 bits per heavy atom. The number of likely N-dealkylation sites (tertiary alicyclic amines) is 1. The number of ether oxygens (including phenoxy) is 2. The minimum atomic E-state index is -0.757. The van der Waals surface area contributed by atoms with E-state index in [9.17, 15) is 14.4 Å². The van der Waals surface area contributed by atoms with Gasteiger partial charge in [-0.25, -0.2) is 4.79 Å². The molecule has 1 saturated heterocycles. The summed E-state index contributed by atoms with van der Waals surface area (Å²) < 4.78 is 9.77. The fourth-order valence-electron chi connectivity index (χ4n) is 7.58. The van der Waals surface area contributed by atoms with Crippen LogP contribution >= 0.6 is 0 Å². The lowest BCUT2D eigenvalue weighted by molar-refractivity contribution is -0.140. The molecule has 0 atom stereocenters. The van der Waals surface area contributed by atoms with Crippen LogP contribution in [0.5, 0.6) is 5.75 Å². The molecule has 0 spiro atoms. The minimum Gasteiger partial charge on any atom is -0.434 e. The van der Waals surface area contributed by atoms with E-state index < -0.39 is 6.16 Å². The van der Waals surface area contributed by atoms with Gasteiger partial charge in [0.15, 0.2) is 0 Å². The van der Waals surface area contributed by atoms with Gasteiger partial charge >= 0.3 is 6.16 Å². The summed E-state index contributed by atoms with van der Waals surface area (Å²) in [6.07, 6.45) is 9.94. The number of benzene rings is 1. The molecule has 6 rings (SSSR count). The van der Waals surface area contributed by atoms with Crippen LogP contribution in [0, 0.1) is 29.1 Å². The fourth-order valence-corrected chi connectivity index (χ4v) is 7.58. The van der Waals surface area contributed by atoms with Gasteiger partial charge in [-0.15, -0.1) is 0 Å². The SMILES string of the molecule is CCOC(=O)Oc1ccc(C(=O)NCC2CCN(C(=O)CC34CC5CC(CC(C5)C3)C4)CC2)cc1. The Kier molecular flexibility index (Phi) is 7.03. The van der Waals surface area contributed by atoms with Crippen LogP contribution in [0.2, 0.25) is 0 Å². The van der Waals surface area contributed by atoms with Crippen LogP contribution in [0.1, 0.15) is 75.1 Å². The van der Waals surface area contributed by atoms with Gasteiger partial charge in [-0.1, -0.05) is 0 Å². The maximum Gasteiger partial charge on any atom is 0.513 e. The number of piperidine rings is 1. The number of carbonyl (C=O) groups excluding carboxylic acids is 3. The smallest absolute Gasteiger partial charge is 0.434 e. The van der Waals surface area contributed by atoms with Crippen molar-refractivity contribution >= 4 is 18.0 Å². The molecule has 1 heterocycles. The summed E-state index contributed by atoms with van der Waals surface area (Å²) in [7, 11) is 0. The topological polar surface area (TPSA) is 84.9 Å². The molecule has 35 heavy (non-hydrogen) atoms. The first-order valence-corrected chi connectivity index (χ1v) is 13.4. The number of rotatable bonds is 7. The first kappa shape index (κ1) is 24.1. The third-order valence-electron chi connectivity index (χ3n) is 8.79. The molecule has 7 heteroatoms. The lowest BCUT2D eigenvalue weighted by Crippen LogP contribution is -2.49. The Morgan fingerprint density at radius 2 is 1.57 bits per heavy atom. The molecule has 5 aliphatic rings. The highest BCUT2D eigenvalue weighted by Gasteiger charge is 2.51. The standard InChI is InChI=1S/C28H38N2O5/c1-2-34-27(33)35-24-5-3-23(4-6-24)26(32)29-18-19-7-9-30(10-8-19)25(31)17-28-14-20-11-21(15-28)13-22(12-20)16-28/h3-6,19-22H,2,7-18H2,1H3,(H,29,32). The molecule has 0 radical (unpaired) electrons. The maximum absolute atomic E-state index is 13.2. The Labute approximate surface area is 207 Å². The van der Waals surface area contributed by atoms with Crippen LogP contribution in [0.4, 0.5) is 4.79 Å². The van der Waals surface area contributed by atoms with Gasteiger partial charge in [-0.3, -0.25) is 9.59 Å². The summed E-state index contributed by atoms with van der Waals surface area (Å²) in [5, 5.41) is 3.02. The van der Waals surface area contributed by atoms with E-state index in [0.717, 1.165) is 50.1 Å². The molecule has 0 aromatic heterocycles.